The molecule has 24 heavy (non-hydrogen) atoms. The first kappa shape index (κ1) is 16.4. The Balaban J connectivity index is 1.90. The SMILES string of the molecule is CC(=O)c1cccc(NC(=O)C2(c3ccccc3)CCOCC2)c1. The largest absolute Gasteiger partial charge is 0.381 e. The summed E-state index contributed by atoms with van der Waals surface area (Å²) in [5, 5.41) is 3.00. The van der Waals surface area contributed by atoms with Crippen LogP contribution in [-0.4, -0.2) is 24.9 Å². The van der Waals surface area contributed by atoms with Crippen molar-refractivity contribution in [3.8, 4) is 0 Å². The van der Waals surface area contributed by atoms with Gasteiger partial charge in [0.15, 0.2) is 5.78 Å². The smallest absolute Gasteiger partial charge is 0.235 e. The highest BCUT2D eigenvalue weighted by molar-refractivity contribution is 6.01. The molecule has 1 fully saturated rings. The molecule has 0 aliphatic carbocycles. The molecule has 2 aromatic carbocycles. The van der Waals surface area contributed by atoms with E-state index in [9.17, 15) is 9.59 Å². The Kier molecular flexibility index (Phi) is 4.76. The summed E-state index contributed by atoms with van der Waals surface area (Å²) < 4.78 is 5.47. The summed E-state index contributed by atoms with van der Waals surface area (Å²) >= 11 is 0. The van der Waals surface area contributed by atoms with E-state index in [-0.39, 0.29) is 11.7 Å². The number of nitrogens with one attached hydrogen (secondary N) is 1. The van der Waals surface area contributed by atoms with Crippen LogP contribution in [0.4, 0.5) is 5.69 Å². The predicted octanol–water partition coefficient (Wildman–Crippen LogP) is 3.58. The van der Waals surface area contributed by atoms with Crippen LogP contribution in [0.25, 0.3) is 0 Å². The van der Waals surface area contributed by atoms with Crippen LogP contribution in [0.2, 0.25) is 0 Å². The minimum atomic E-state index is -0.592. The number of Topliss-reactive ketones (excluding diaryl/α,β-unsaturated/α-hetero) is 1. The van der Waals surface area contributed by atoms with Crippen molar-refractivity contribution in [3.05, 3.63) is 65.7 Å². The number of ether oxygens (including phenoxy) is 1. The highest BCUT2D eigenvalue weighted by Crippen LogP contribution is 2.36. The molecule has 0 saturated carbocycles. The van der Waals surface area contributed by atoms with Gasteiger partial charge in [0, 0.05) is 24.5 Å². The summed E-state index contributed by atoms with van der Waals surface area (Å²) in [5.41, 5.74) is 1.66. The van der Waals surface area contributed by atoms with Gasteiger partial charge >= 0.3 is 0 Å². The van der Waals surface area contributed by atoms with Crippen molar-refractivity contribution < 1.29 is 14.3 Å². The van der Waals surface area contributed by atoms with E-state index in [2.05, 4.69) is 5.32 Å². The Labute approximate surface area is 141 Å². The van der Waals surface area contributed by atoms with Crippen LogP contribution in [0.5, 0.6) is 0 Å². The fourth-order valence-corrected chi connectivity index (χ4v) is 3.19. The van der Waals surface area contributed by atoms with Crippen molar-refractivity contribution >= 4 is 17.4 Å². The van der Waals surface area contributed by atoms with Crippen LogP contribution in [-0.2, 0) is 14.9 Å². The first-order valence-corrected chi connectivity index (χ1v) is 8.17. The second kappa shape index (κ2) is 6.97. The van der Waals surface area contributed by atoms with Gasteiger partial charge in [0.2, 0.25) is 5.91 Å². The molecule has 0 radical (unpaired) electrons. The highest BCUT2D eigenvalue weighted by atomic mass is 16.5. The van der Waals surface area contributed by atoms with Crippen molar-refractivity contribution in [2.24, 2.45) is 0 Å². The maximum absolute atomic E-state index is 13.1. The van der Waals surface area contributed by atoms with Crippen molar-refractivity contribution in [1.82, 2.24) is 0 Å². The lowest BCUT2D eigenvalue weighted by molar-refractivity contribution is -0.125. The van der Waals surface area contributed by atoms with Gasteiger partial charge in [-0.05, 0) is 37.5 Å². The molecule has 1 saturated heterocycles. The number of carbonyl (C=O) groups is 2. The van der Waals surface area contributed by atoms with Gasteiger partial charge in [-0.3, -0.25) is 9.59 Å². The van der Waals surface area contributed by atoms with Crippen LogP contribution < -0.4 is 5.32 Å². The molecule has 1 heterocycles. The van der Waals surface area contributed by atoms with Crippen LogP contribution in [0.15, 0.2) is 54.6 Å². The third kappa shape index (κ3) is 3.24. The maximum atomic E-state index is 13.1. The fraction of sp³-hybridized carbons (Fsp3) is 0.300. The Bertz CT molecular complexity index is 734. The van der Waals surface area contributed by atoms with Gasteiger partial charge in [-0.1, -0.05) is 42.5 Å². The molecule has 1 N–H and O–H groups in total. The average Bonchev–Trinajstić information content (AvgIpc) is 2.63. The highest BCUT2D eigenvalue weighted by Gasteiger charge is 2.41. The van der Waals surface area contributed by atoms with Gasteiger partial charge in [-0.25, -0.2) is 0 Å². The van der Waals surface area contributed by atoms with Crippen molar-refractivity contribution in [3.63, 3.8) is 0 Å². The third-order valence-corrected chi connectivity index (χ3v) is 4.63. The first-order valence-electron chi connectivity index (χ1n) is 8.17. The lowest BCUT2D eigenvalue weighted by atomic mass is 9.73. The van der Waals surface area contributed by atoms with Gasteiger partial charge in [-0.15, -0.1) is 0 Å². The minimum Gasteiger partial charge on any atom is -0.381 e. The molecular weight excluding hydrogens is 302 g/mol. The molecule has 1 aliphatic heterocycles. The Morgan fingerprint density at radius 1 is 1.00 bits per heavy atom. The standard InChI is InChI=1S/C20H21NO3/c1-15(22)16-6-5-9-18(14-16)21-19(23)20(10-12-24-13-11-20)17-7-3-2-4-8-17/h2-9,14H,10-13H2,1H3,(H,21,23). The lowest BCUT2D eigenvalue weighted by Crippen LogP contribution is -2.44. The van der Waals surface area contributed by atoms with E-state index in [0.717, 1.165) is 5.56 Å². The number of carbonyl (C=O) groups excluding carboxylic acids is 2. The summed E-state index contributed by atoms with van der Waals surface area (Å²) in [6.45, 7) is 2.65. The summed E-state index contributed by atoms with van der Waals surface area (Å²) in [7, 11) is 0. The van der Waals surface area contributed by atoms with E-state index in [4.69, 9.17) is 4.74 Å². The van der Waals surface area contributed by atoms with Crippen molar-refractivity contribution in [2.45, 2.75) is 25.2 Å². The Hall–Kier alpha value is -2.46. The van der Waals surface area contributed by atoms with Gasteiger partial charge in [0.25, 0.3) is 0 Å². The first-order chi connectivity index (χ1) is 11.6. The van der Waals surface area contributed by atoms with Crippen molar-refractivity contribution in [1.29, 1.82) is 0 Å². The predicted molar refractivity (Wildman–Crippen MR) is 93.2 cm³/mol. The second-order valence-electron chi connectivity index (χ2n) is 6.15. The summed E-state index contributed by atoms with van der Waals surface area (Å²) in [6, 6.07) is 16.9. The van der Waals surface area contributed by atoms with E-state index in [1.165, 1.54) is 6.92 Å². The molecule has 2 aromatic rings. The van der Waals surface area contributed by atoms with Gasteiger partial charge < -0.3 is 10.1 Å². The lowest BCUT2D eigenvalue weighted by Gasteiger charge is -2.36. The van der Waals surface area contributed by atoms with Gasteiger partial charge in [0.05, 0.1) is 5.41 Å². The topological polar surface area (TPSA) is 55.4 Å². The maximum Gasteiger partial charge on any atom is 0.235 e. The second-order valence-corrected chi connectivity index (χ2v) is 6.15. The van der Waals surface area contributed by atoms with E-state index < -0.39 is 5.41 Å². The number of hydrogen-bond donors (Lipinski definition) is 1. The van der Waals surface area contributed by atoms with E-state index in [1.807, 2.05) is 36.4 Å². The number of ketones is 1. The normalized spacial score (nSPS) is 16.4. The van der Waals surface area contributed by atoms with Crippen LogP contribution in [0, 0.1) is 0 Å². The molecule has 0 atom stereocenters. The zero-order chi connectivity index (χ0) is 17.0. The van der Waals surface area contributed by atoms with Crippen LogP contribution in [0.3, 0.4) is 0 Å². The summed E-state index contributed by atoms with van der Waals surface area (Å²) in [4.78, 5) is 24.7. The quantitative estimate of drug-likeness (QED) is 0.875. The average molecular weight is 323 g/mol. The van der Waals surface area contributed by atoms with Gasteiger partial charge in [0.1, 0.15) is 0 Å². The molecule has 1 aliphatic rings. The number of amides is 1. The molecule has 0 spiro atoms. The zero-order valence-electron chi connectivity index (χ0n) is 13.7. The minimum absolute atomic E-state index is 0.0186. The Morgan fingerprint density at radius 2 is 1.71 bits per heavy atom. The van der Waals surface area contributed by atoms with E-state index in [1.54, 1.807) is 18.2 Å². The number of anilines is 1. The van der Waals surface area contributed by atoms with E-state index in [0.29, 0.717) is 37.3 Å². The zero-order valence-corrected chi connectivity index (χ0v) is 13.7. The van der Waals surface area contributed by atoms with Crippen molar-refractivity contribution in [2.75, 3.05) is 18.5 Å². The molecular formula is C20H21NO3. The molecule has 4 heteroatoms. The van der Waals surface area contributed by atoms with Crippen LogP contribution in [0.1, 0.15) is 35.7 Å². The molecule has 0 aromatic heterocycles. The van der Waals surface area contributed by atoms with Gasteiger partial charge in [-0.2, -0.15) is 0 Å². The number of benzene rings is 2. The molecule has 0 bridgehead atoms. The molecule has 0 unspecified atom stereocenters. The summed E-state index contributed by atoms with van der Waals surface area (Å²) in [5.74, 6) is -0.0624. The van der Waals surface area contributed by atoms with Crippen LogP contribution >= 0.6 is 0 Å². The fourth-order valence-electron chi connectivity index (χ4n) is 3.19. The monoisotopic (exact) mass is 323 g/mol. The summed E-state index contributed by atoms with van der Waals surface area (Å²) in [6.07, 6.45) is 1.30. The molecule has 1 amide bonds. The van der Waals surface area contributed by atoms with E-state index >= 15 is 0 Å². The molecule has 3 rings (SSSR count). The Morgan fingerprint density at radius 3 is 2.38 bits per heavy atom. The number of rotatable bonds is 4. The third-order valence-electron chi connectivity index (χ3n) is 4.63. The molecule has 4 nitrogen and oxygen atoms in total. The number of hydrogen-bond acceptors (Lipinski definition) is 3. The molecule has 124 valence electrons.